The van der Waals surface area contributed by atoms with Crippen LogP contribution in [0.2, 0.25) is 0 Å². The van der Waals surface area contributed by atoms with Crippen LogP contribution in [0.25, 0.3) is 0 Å². The van der Waals surface area contributed by atoms with Crippen LogP contribution in [0.15, 0.2) is 33.5 Å². The summed E-state index contributed by atoms with van der Waals surface area (Å²) in [5.74, 6) is -0.385. The Labute approximate surface area is 176 Å². The zero-order valence-electron chi connectivity index (χ0n) is 16.3. The Bertz CT molecular complexity index is 1030. The van der Waals surface area contributed by atoms with Crippen LogP contribution in [0.4, 0.5) is 0 Å². The van der Waals surface area contributed by atoms with Crippen molar-refractivity contribution in [1.82, 2.24) is 15.8 Å². The highest BCUT2D eigenvalue weighted by Gasteiger charge is 2.17. The van der Waals surface area contributed by atoms with Crippen molar-refractivity contribution in [2.75, 3.05) is 0 Å². The number of hydrogen-bond donors (Lipinski definition) is 3. The maximum Gasteiger partial charge on any atom is 0.279 e. The summed E-state index contributed by atoms with van der Waals surface area (Å²) in [4.78, 5) is 38.6. The van der Waals surface area contributed by atoms with Crippen LogP contribution in [0.1, 0.15) is 35.7 Å². The van der Waals surface area contributed by atoms with Crippen molar-refractivity contribution in [1.29, 1.82) is 5.26 Å². The molecule has 1 heterocycles. The number of pyridine rings is 1. The molecule has 0 fully saturated rings. The summed E-state index contributed by atoms with van der Waals surface area (Å²) in [5.41, 5.74) is 6.17. The highest BCUT2D eigenvalue weighted by atomic mass is 79.9. The summed E-state index contributed by atoms with van der Waals surface area (Å²) in [6.07, 6.45) is -0.430. The molecule has 9 heteroatoms. The third kappa shape index (κ3) is 5.93. The van der Waals surface area contributed by atoms with E-state index in [9.17, 15) is 14.4 Å². The SMILES string of the molecule is Cc1[nH]c(=O)c(C#N)c(C)c1CCC(=O)NNC(=O)C(C)Oc1cccc(Br)c1. The third-order valence-electron chi connectivity index (χ3n) is 4.33. The van der Waals surface area contributed by atoms with Crippen molar-refractivity contribution in [2.45, 2.75) is 39.7 Å². The van der Waals surface area contributed by atoms with E-state index in [2.05, 4.69) is 31.8 Å². The largest absolute Gasteiger partial charge is 0.481 e. The number of nitriles is 1. The molecule has 1 atom stereocenters. The van der Waals surface area contributed by atoms with E-state index < -0.39 is 23.5 Å². The third-order valence-corrected chi connectivity index (χ3v) is 4.82. The molecule has 0 aliphatic rings. The second-order valence-electron chi connectivity index (χ2n) is 6.42. The van der Waals surface area contributed by atoms with E-state index in [1.807, 2.05) is 12.1 Å². The Kier molecular flexibility index (Phi) is 7.56. The van der Waals surface area contributed by atoms with Crippen molar-refractivity contribution >= 4 is 27.7 Å². The van der Waals surface area contributed by atoms with E-state index in [-0.39, 0.29) is 12.0 Å². The fraction of sp³-hybridized carbons (Fsp3) is 0.300. The summed E-state index contributed by atoms with van der Waals surface area (Å²) in [5, 5.41) is 9.10. The van der Waals surface area contributed by atoms with Gasteiger partial charge in [0.05, 0.1) is 0 Å². The standard InChI is InChI=1S/C20H21BrN4O4/c1-11-16(12(2)23-20(28)17(11)10-22)7-8-18(26)24-25-19(27)13(3)29-15-6-4-5-14(21)9-15/h4-6,9,13H,7-8H2,1-3H3,(H,23,28)(H,24,26)(H,25,27). The highest BCUT2D eigenvalue weighted by Crippen LogP contribution is 2.19. The summed E-state index contributed by atoms with van der Waals surface area (Å²) in [6, 6.07) is 8.94. The number of benzene rings is 1. The summed E-state index contributed by atoms with van der Waals surface area (Å²) in [7, 11) is 0. The molecule has 2 rings (SSSR count). The predicted molar refractivity (Wildman–Crippen MR) is 110 cm³/mol. The van der Waals surface area contributed by atoms with Gasteiger partial charge in [-0.1, -0.05) is 22.0 Å². The van der Waals surface area contributed by atoms with Gasteiger partial charge in [0, 0.05) is 16.6 Å². The number of hydrazine groups is 1. The van der Waals surface area contributed by atoms with E-state index in [1.165, 1.54) is 0 Å². The number of amides is 2. The minimum atomic E-state index is -0.813. The molecule has 1 aromatic heterocycles. The smallest absolute Gasteiger partial charge is 0.279 e. The molecule has 1 aromatic carbocycles. The maximum atomic E-state index is 12.1. The number of H-pyrrole nitrogens is 1. The fourth-order valence-electron chi connectivity index (χ4n) is 2.75. The van der Waals surface area contributed by atoms with Gasteiger partial charge in [0.1, 0.15) is 17.4 Å². The number of aryl methyl sites for hydroxylation is 1. The molecule has 2 aromatic rings. The number of nitrogens with zero attached hydrogens (tertiary/aromatic N) is 1. The van der Waals surface area contributed by atoms with Crippen molar-refractivity contribution < 1.29 is 14.3 Å². The van der Waals surface area contributed by atoms with Crippen molar-refractivity contribution in [3.8, 4) is 11.8 Å². The maximum absolute atomic E-state index is 12.1. The molecule has 3 N–H and O–H groups in total. The second-order valence-corrected chi connectivity index (χ2v) is 7.34. The molecule has 152 valence electrons. The van der Waals surface area contributed by atoms with Gasteiger partial charge in [-0.15, -0.1) is 0 Å². The molecule has 8 nitrogen and oxygen atoms in total. The van der Waals surface area contributed by atoms with Crippen LogP contribution in [0, 0.1) is 25.2 Å². The zero-order chi connectivity index (χ0) is 21.6. The Balaban J connectivity index is 1.88. The molecule has 0 spiro atoms. The predicted octanol–water partition coefficient (Wildman–Crippen LogP) is 2.17. The van der Waals surface area contributed by atoms with Crippen LogP contribution in [-0.2, 0) is 16.0 Å². The quantitative estimate of drug-likeness (QED) is 0.569. The molecule has 1 unspecified atom stereocenters. The average molecular weight is 461 g/mol. The van der Waals surface area contributed by atoms with Crippen molar-refractivity contribution in [2.24, 2.45) is 0 Å². The number of halogens is 1. The summed E-state index contributed by atoms with van der Waals surface area (Å²) >= 11 is 3.32. The minimum absolute atomic E-state index is 0.0397. The first-order chi connectivity index (χ1) is 13.7. The lowest BCUT2D eigenvalue weighted by Gasteiger charge is -2.15. The number of hydrogen-bond acceptors (Lipinski definition) is 5. The highest BCUT2D eigenvalue weighted by molar-refractivity contribution is 9.10. The number of carbonyl (C=O) groups excluding carboxylic acids is 2. The van der Waals surface area contributed by atoms with Gasteiger partial charge in [0.2, 0.25) is 5.91 Å². The molecule has 0 aliphatic heterocycles. The van der Waals surface area contributed by atoms with Gasteiger partial charge in [-0.3, -0.25) is 25.2 Å². The average Bonchev–Trinajstić information content (AvgIpc) is 2.65. The molecule has 0 radical (unpaired) electrons. The Hall–Kier alpha value is -3.12. The van der Waals surface area contributed by atoms with E-state index in [0.29, 0.717) is 23.4 Å². The van der Waals surface area contributed by atoms with Crippen LogP contribution in [0.3, 0.4) is 0 Å². The number of nitrogens with one attached hydrogen (secondary N) is 3. The molecule has 2 amide bonds. The number of aromatic nitrogens is 1. The molecule has 0 bridgehead atoms. The van der Waals surface area contributed by atoms with Gasteiger partial charge in [0.15, 0.2) is 6.10 Å². The lowest BCUT2D eigenvalue weighted by atomic mass is 9.99. The zero-order valence-corrected chi connectivity index (χ0v) is 17.8. The first-order valence-corrected chi connectivity index (χ1v) is 9.65. The Morgan fingerprint density at radius 3 is 2.69 bits per heavy atom. The normalized spacial score (nSPS) is 11.3. The molecular weight excluding hydrogens is 440 g/mol. The van der Waals surface area contributed by atoms with Crippen LogP contribution < -0.4 is 21.1 Å². The number of carbonyl (C=O) groups is 2. The monoisotopic (exact) mass is 460 g/mol. The van der Waals surface area contributed by atoms with Gasteiger partial charge in [-0.05, 0) is 56.5 Å². The topological polar surface area (TPSA) is 124 Å². The number of rotatable bonds is 6. The second kappa shape index (κ2) is 9.89. The number of ether oxygens (including phenoxy) is 1. The fourth-order valence-corrected chi connectivity index (χ4v) is 3.13. The lowest BCUT2D eigenvalue weighted by molar-refractivity contribution is -0.132. The molecular formula is C20H21BrN4O4. The van der Waals surface area contributed by atoms with Gasteiger partial charge in [-0.2, -0.15) is 5.26 Å². The summed E-state index contributed by atoms with van der Waals surface area (Å²) in [6.45, 7) is 4.96. The molecule has 29 heavy (non-hydrogen) atoms. The van der Waals surface area contributed by atoms with Crippen LogP contribution in [0.5, 0.6) is 5.75 Å². The summed E-state index contributed by atoms with van der Waals surface area (Å²) < 4.78 is 6.35. The first-order valence-electron chi connectivity index (χ1n) is 8.86. The molecule has 0 saturated carbocycles. The van der Waals surface area contributed by atoms with Crippen LogP contribution >= 0.6 is 15.9 Å². The van der Waals surface area contributed by atoms with E-state index in [0.717, 1.165) is 10.0 Å². The van der Waals surface area contributed by atoms with Gasteiger partial charge >= 0.3 is 0 Å². The van der Waals surface area contributed by atoms with Gasteiger partial charge in [0.25, 0.3) is 11.5 Å². The van der Waals surface area contributed by atoms with Crippen LogP contribution in [-0.4, -0.2) is 22.9 Å². The Morgan fingerprint density at radius 2 is 2.03 bits per heavy atom. The van der Waals surface area contributed by atoms with E-state index >= 15 is 0 Å². The van der Waals surface area contributed by atoms with Gasteiger partial charge in [-0.25, -0.2) is 0 Å². The molecule has 0 aliphatic carbocycles. The van der Waals surface area contributed by atoms with E-state index in [4.69, 9.17) is 10.00 Å². The van der Waals surface area contributed by atoms with E-state index in [1.54, 1.807) is 39.0 Å². The number of aromatic amines is 1. The van der Waals surface area contributed by atoms with Crippen molar-refractivity contribution in [3.05, 3.63) is 61.5 Å². The van der Waals surface area contributed by atoms with Gasteiger partial charge < -0.3 is 9.72 Å². The molecule has 0 saturated heterocycles. The minimum Gasteiger partial charge on any atom is -0.481 e. The lowest BCUT2D eigenvalue weighted by Crippen LogP contribution is -2.47. The Morgan fingerprint density at radius 1 is 1.31 bits per heavy atom. The van der Waals surface area contributed by atoms with Crippen molar-refractivity contribution in [3.63, 3.8) is 0 Å². The first kappa shape index (κ1) is 22.2.